The first-order chi connectivity index (χ1) is 5.77. The van der Waals surface area contributed by atoms with Gasteiger partial charge in [0.2, 0.25) is 0 Å². The Morgan fingerprint density at radius 2 is 2.00 bits per heavy atom. The molecule has 0 radical (unpaired) electrons. The van der Waals surface area contributed by atoms with Gasteiger partial charge in [-0.15, -0.1) is 0 Å². The van der Waals surface area contributed by atoms with Gasteiger partial charge >= 0.3 is 0 Å². The molecule has 0 aliphatic heterocycles. The number of allylic oxidation sites excluding steroid dienone is 2. The smallest absolute Gasteiger partial charge is 0.127 e. The quantitative estimate of drug-likeness (QED) is 0.556. The Morgan fingerprint density at radius 3 is 2.83 bits per heavy atom. The van der Waals surface area contributed by atoms with Crippen molar-refractivity contribution in [3.05, 3.63) is 47.0 Å². The zero-order chi connectivity index (χ0) is 8.55. The molecule has 12 heavy (non-hydrogen) atoms. The molecule has 0 saturated heterocycles. The van der Waals surface area contributed by atoms with Gasteiger partial charge in [-0.2, -0.15) is 0 Å². The second-order valence-electron chi connectivity index (χ2n) is 2.91. The predicted octanol–water partition coefficient (Wildman–Crippen LogP) is 2.78. The number of halogens is 2. The first kappa shape index (κ1) is 7.47. The van der Waals surface area contributed by atoms with E-state index in [2.05, 4.69) is 0 Å². The Kier molecular flexibility index (Phi) is 1.68. The molecule has 0 fully saturated rings. The van der Waals surface area contributed by atoms with Crippen LogP contribution in [0.5, 0.6) is 0 Å². The van der Waals surface area contributed by atoms with E-state index in [9.17, 15) is 8.78 Å². The fourth-order valence-electron chi connectivity index (χ4n) is 1.46. The molecule has 0 unspecified atom stereocenters. The van der Waals surface area contributed by atoms with Gasteiger partial charge in [-0.25, -0.2) is 8.78 Å². The van der Waals surface area contributed by atoms with E-state index in [0.29, 0.717) is 12.0 Å². The fourth-order valence-corrected chi connectivity index (χ4v) is 1.46. The largest absolute Gasteiger partial charge is 0.212 e. The van der Waals surface area contributed by atoms with Crippen LogP contribution >= 0.6 is 0 Å². The second kappa shape index (κ2) is 2.70. The molecule has 0 atom stereocenters. The van der Waals surface area contributed by atoms with E-state index in [1.807, 2.05) is 0 Å². The highest BCUT2D eigenvalue weighted by Gasteiger charge is 2.13. The number of hydrogen-bond donors (Lipinski definition) is 0. The number of hydrogen-bond acceptors (Lipinski definition) is 0. The average Bonchev–Trinajstić information content (AvgIpc) is 2.04. The van der Waals surface area contributed by atoms with Gasteiger partial charge in [-0.3, -0.25) is 0 Å². The van der Waals surface area contributed by atoms with Crippen LogP contribution in [0.15, 0.2) is 30.1 Å². The normalized spacial score (nSPS) is 15.3. The zero-order valence-electron chi connectivity index (χ0n) is 6.48. The molecule has 1 aliphatic carbocycles. The van der Waals surface area contributed by atoms with Crippen molar-refractivity contribution in [2.24, 2.45) is 0 Å². The molecule has 1 aromatic carbocycles. The Morgan fingerprint density at radius 1 is 1.17 bits per heavy atom. The molecule has 1 aromatic rings. The first-order valence-corrected chi connectivity index (χ1v) is 3.88. The van der Waals surface area contributed by atoms with E-state index in [0.717, 1.165) is 5.56 Å². The summed E-state index contributed by atoms with van der Waals surface area (Å²) in [6, 6.07) is 4.80. The lowest BCUT2D eigenvalue weighted by atomic mass is 9.96. The standard InChI is InChI=1S/C10H8F2/c11-8-4-5-9-7(6-8)2-1-3-10(9)12/h1-4H,5-6H2. The van der Waals surface area contributed by atoms with E-state index in [1.165, 1.54) is 12.1 Å². The maximum Gasteiger partial charge on any atom is 0.127 e. The minimum absolute atomic E-state index is 0.159. The van der Waals surface area contributed by atoms with Crippen molar-refractivity contribution < 1.29 is 8.78 Å². The molecule has 0 saturated carbocycles. The lowest BCUT2D eigenvalue weighted by Gasteiger charge is -2.12. The van der Waals surface area contributed by atoms with Crippen LogP contribution in [-0.4, -0.2) is 0 Å². The molecule has 0 nitrogen and oxygen atoms in total. The number of benzene rings is 1. The Balaban J connectivity index is 2.49. The van der Waals surface area contributed by atoms with Crippen molar-refractivity contribution in [1.82, 2.24) is 0 Å². The van der Waals surface area contributed by atoms with Gasteiger partial charge in [0, 0.05) is 6.42 Å². The minimum atomic E-state index is -0.226. The highest BCUT2D eigenvalue weighted by Crippen LogP contribution is 2.23. The summed E-state index contributed by atoms with van der Waals surface area (Å²) in [6.07, 6.45) is 2.06. The van der Waals surface area contributed by atoms with E-state index in [1.54, 1.807) is 12.1 Å². The van der Waals surface area contributed by atoms with E-state index in [4.69, 9.17) is 0 Å². The molecule has 0 heterocycles. The summed E-state index contributed by atoms with van der Waals surface area (Å²) in [5.41, 5.74) is 1.41. The van der Waals surface area contributed by atoms with E-state index < -0.39 is 0 Å². The lowest BCUT2D eigenvalue weighted by molar-refractivity contribution is 0.579. The highest BCUT2D eigenvalue weighted by atomic mass is 19.1. The molecule has 0 spiro atoms. The van der Waals surface area contributed by atoms with Crippen molar-refractivity contribution >= 4 is 0 Å². The fraction of sp³-hybridized carbons (Fsp3) is 0.200. The van der Waals surface area contributed by atoms with Gasteiger partial charge < -0.3 is 0 Å². The topological polar surface area (TPSA) is 0 Å². The Hall–Kier alpha value is -1.18. The van der Waals surface area contributed by atoms with Crippen LogP contribution in [0.4, 0.5) is 8.78 Å². The van der Waals surface area contributed by atoms with Gasteiger partial charge in [0.25, 0.3) is 0 Å². The lowest BCUT2D eigenvalue weighted by Crippen LogP contribution is -2.02. The molecular formula is C10H8F2. The summed E-state index contributed by atoms with van der Waals surface area (Å²) in [7, 11) is 0. The minimum Gasteiger partial charge on any atom is -0.212 e. The molecule has 2 rings (SSSR count). The molecule has 0 aromatic heterocycles. The summed E-state index contributed by atoms with van der Waals surface area (Å²) in [5, 5.41) is 0. The highest BCUT2D eigenvalue weighted by molar-refractivity contribution is 5.36. The van der Waals surface area contributed by atoms with Crippen molar-refractivity contribution in [3.63, 3.8) is 0 Å². The maximum absolute atomic E-state index is 13.0. The molecule has 0 amide bonds. The average molecular weight is 166 g/mol. The molecule has 0 bridgehead atoms. The van der Waals surface area contributed by atoms with Crippen LogP contribution in [-0.2, 0) is 12.8 Å². The number of rotatable bonds is 0. The van der Waals surface area contributed by atoms with Crippen molar-refractivity contribution in [3.8, 4) is 0 Å². The van der Waals surface area contributed by atoms with Crippen LogP contribution < -0.4 is 0 Å². The van der Waals surface area contributed by atoms with Crippen molar-refractivity contribution in [1.29, 1.82) is 0 Å². The van der Waals surface area contributed by atoms with Crippen LogP contribution in [0, 0.1) is 5.82 Å². The molecule has 62 valence electrons. The Bertz CT molecular complexity index is 340. The molecular weight excluding hydrogens is 158 g/mol. The van der Waals surface area contributed by atoms with Crippen molar-refractivity contribution in [2.45, 2.75) is 12.8 Å². The summed E-state index contributed by atoms with van der Waals surface area (Å²) in [6.45, 7) is 0. The molecule has 0 N–H and O–H groups in total. The van der Waals surface area contributed by atoms with Gasteiger partial charge in [0.1, 0.15) is 11.6 Å². The van der Waals surface area contributed by atoms with Gasteiger partial charge in [-0.1, -0.05) is 12.1 Å². The van der Waals surface area contributed by atoms with E-state index in [-0.39, 0.29) is 18.1 Å². The Labute approximate surface area is 69.5 Å². The number of fused-ring (bicyclic) bond motifs is 1. The second-order valence-corrected chi connectivity index (χ2v) is 2.91. The summed E-state index contributed by atoms with van der Waals surface area (Å²) < 4.78 is 25.8. The van der Waals surface area contributed by atoms with Crippen LogP contribution in [0.3, 0.4) is 0 Å². The summed E-state index contributed by atoms with van der Waals surface area (Å²) >= 11 is 0. The maximum atomic E-state index is 13.0. The van der Waals surface area contributed by atoms with Crippen LogP contribution in [0.25, 0.3) is 0 Å². The zero-order valence-corrected chi connectivity index (χ0v) is 6.48. The monoisotopic (exact) mass is 166 g/mol. The van der Waals surface area contributed by atoms with Crippen LogP contribution in [0.2, 0.25) is 0 Å². The van der Waals surface area contributed by atoms with Crippen molar-refractivity contribution in [2.75, 3.05) is 0 Å². The third-order valence-corrected chi connectivity index (χ3v) is 2.10. The van der Waals surface area contributed by atoms with Gasteiger partial charge in [0.15, 0.2) is 0 Å². The van der Waals surface area contributed by atoms with Gasteiger partial charge in [-0.05, 0) is 29.7 Å². The summed E-state index contributed by atoms with van der Waals surface area (Å²) in [4.78, 5) is 0. The van der Waals surface area contributed by atoms with Gasteiger partial charge in [0.05, 0.1) is 0 Å². The third-order valence-electron chi connectivity index (χ3n) is 2.10. The SMILES string of the molecule is FC1=CCc2c(F)cccc2C1. The molecule has 1 aliphatic rings. The molecule has 2 heteroatoms. The summed E-state index contributed by atoms with van der Waals surface area (Å²) in [5.74, 6) is -0.385. The third kappa shape index (κ3) is 1.13. The predicted molar refractivity (Wildman–Crippen MR) is 43.0 cm³/mol. The first-order valence-electron chi connectivity index (χ1n) is 3.88. The van der Waals surface area contributed by atoms with E-state index >= 15 is 0 Å². The van der Waals surface area contributed by atoms with Crippen LogP contribution in [0.1, 0.15) is 11.1 Å².